The van der Waals surface area contributed by atoms with Crippen LogP contribution in [0.4, 0.5) is 0 Å². The lowest BCUT2D eigenvalue weighted by molar-refractivity contribution is 0.470. The molecule has 2 rings (SSSR count). The molecule has 2 aromatic rings. The highest BCUT2D eigenvalue weighted by Crippen LogP contribution is 2.19. The second-order valence-electron chi connectivity index (χ2n) is 4.45. The lowest BCUT2D eigenvalue weighted by Gasteiger charge is -2.00. The second-order valence-corrected chi connectivity index (χ2v) is 4.45. The van der Waals surface area contributed by atoms with Gasteiger partial charge in [-0.2, -0.15) is 0 Å². The van der Waals surface area contributed by atoms with Gasteiger partial charge in [0.2, 0.25) is 0 Å². The van der Waals surface area contributed by atoms with Crippen LogP contribution in [0.1, 0.15) is 22.3 Å². The van der Waals surface area contributed by atoms with E-state index in [-0.39, 0.29) is 0 Å². The second kappa shape index (κ2) is 7.19. The first-order chi connectivity index (χ1) is 9.49. The Balaban J connectivity index is 0.000000200. The van der Waals surface area contributed by atoms with Gasteiger partial charge in [0.05, 0.1) is 0 Å². The first kappa shape index (κ1) is 15.6. The van der Waals surface area contributed by atoms with E-state index in [1.54, 1.807) is 30.4 Å². The summed E-state index contributed by atoms with van der Waals surface area (Å²) in [6.45, 7) is 10.9. The fraction of sp³-hybridized carbons (Fsp3) is 0.111. The van der Waals surface area contributed by atoms with Crippen molar-refractivity contribution in [1.82, 2.24) is 0 Å². The van der Waals surface area contributed by atoms with Gasteiger partial charge in [0.1, 0.15) is 11.5 Å². The number of aromatic hydroxyl groups is 2. The molecule has 0 amide bonds. The van der Waals surface area contributed by atoms with Gasteiger partial charge in [-0.05, 0) is 48.2 Å². The van der Waals surface area contributed by atoms with E-state index in [0.29, 0.717) is 11.5 Å². The Hall–Kier alpha value is -2.48. The Morgan fingerprint density at radius 3 is 2.10 bits per heavy atom. The van der Waals surface area contributed by atoms with Crippen LogP contribution < -0.4 is 0 Å². The third-order valence-electron chi connectivity index (χ3n) is 3.04. The monoisotopic (exact) mass is 268 g/mol. The Morgan fingerprint density at radius 1 is 0.900 bits per heavy atom. The Kier molecular flexibility index (Phi) is 5.60. The standard InChI is InChI=1S/2C9H10O/c1-3-8-5-4-7(2)9(10)6-8;1-3-8-5-4-6-9(10)7(8)2/h2*3-6,10H,1H2,2H3. The lowest BCUT2D eigenvalue weighted by Crippen LogP contribution is -1.78. The number of benzene rings is 2. The van der Waals surface area contributed by atoms with Crippen LogP contribution >= 0.6 is 0 Å². The van der Waals surface area contributed by atoms with Crippen LogP contribution in [0.5, 0.6) is 11.5 Å². The van der Waals surface area contributed by atoms with E-state index >= 15 is 0 Å². The molecule has 0 fully saturated rings. The summed E-state index contributed by atoms with van der Waals surface area (Å²) in [5, 5.41) is 18.4. The van der Waals surface area contributed by atoms with Gasteiger partial charge in [-0.3, -0.25) is 0 Å². The molecule has 104 valence electrons. The summed E-state index contributed by atoms with van der Waals surface area (Å²) < 4.78 is 0. The summed E-state index contributed by atoms with van der Waals surface area (Å²) in [6.07, 6.45) is 3.44. The van der Waals surface area contributed by atoms with Gasteiger partial charge in [0.25, 0.3) is 0 Å². The predicted molar refractivity (Wildman–Crippen MR) is 85.9 cm³/mol. The molecule has 0 heterocycles. The van der Waals surface area contributed by atoms with Crippen LogP contribution in [0.25, 0.3) is 12.2 Å². The smallest absolute Gasteiger partial charge is 0.119 e. The number of hydrogen-bond donors (Lipinski definition) is 2. The van der Waals surface area contributed by atoms with E-state index in [2.05, 4.69) is 13.2 Å². The summed E-state index contributed by atoms with van der Waals surface area (Å²) in [7, 11) is 0. The number of rotatable bonds is 2. The normalized spacial score (nSPS) is 9.30. The van der Waals surface area contributed by atoms with Crippen LogP contribution in [-0.4, -0.2) is 10.2 Å². The zero-order valence-corrected chi connectivity index (χ0v) is 11.9. The van der Waals surface area contributed by atoms with Gasteiger partial charge in [0, 0.05) is 0 Å². The molecule has 2 heteroatoms. The van der Waals surface area contributed by atoms with Crippen molar-refractivity contribution in [3.05, 3.63) is 71.8 Å². The molecule has 0 aliphatic heterocycles. The maximum Gasteiger partial charge on any atom is 0.119 e. The lowest BCUT2D eigenvalue weighted by atomic mass is 10.1. The number of phenolic OH excluding ortho intramolecular Hbond substituents is 2. The Morgan fingerprint density at radius 2 is 1.60 bits per heavy atom. The van der Waals surface area contributed by atoms with Gasteiger partial charge in [-0.25, -0.2) is 0 Å². The van der Waals surface area contributed by atoms with Gasteiger partial charge in [0.15, 0.2) is 0 Å². The largest absolute Gasteiger partial charge is 0.508 e. The minimum atomic E-state index is 0.331. The molecule has 2 aromatic carbocycles. The van der Waals surface area contributed by atoms with Crippen LogP contribution in [-0.2, 0) is 0 Å². The number of aryl methyl sites for hydroxylation is 1. The quantitative estimate of drug-likeness (QED) is 0.829. The summed E-state index contributed by atoms with van der Waals surface area (Å²) in [4.78, 5) is 0. The minimum absolute atomic E-state index is 0.331. The topological polar surface area (TPSA) is 40.5 Å². The molecule has 0 bridgehead atoms. The maximum absolute atomic E-state index is 9.18. The van der Waals surface area contributed by atoms with E-state index in [1.807, 2.05) is 32.0 Å². The van der Waals surface area contributed by atoms with Crippen molar-refractivity contribution in [3.8, 4) is 11.5 Å². The average Bonchev–Trinajstić information content (AvgIpc) is 2.45. The van der Waals surface area contributed by atoms with Crippen molar-refractivity contribution in [2.75, 3.05) is 0 Å². The average molecular weight is 268 g/mol. The van der Waals surface area contributed by atoms with Crippen LogP contribution in [0, 0.1) is 13.8 Å². The van der Waals surface area contributed by atoms with E-state index in [0.717, 1.165) is 22.3 Å². The molecule has 0 atom stereocenters. The molecule has 0 spiro atoms. The van der Waals surface area contributed by atoms with Crippen molar-refractivity contribution in [1.29, 1.82) is 0 Å². The summed E-state index contributed by atoms with van der Waals surface area (Å²) in [5.41, 5.74) is 3.71. The number of phenols is 2. The molecule has 20 heavy (non-hydrogen) atoms. The zero-order valence-electron chi connectivity index (χ0n) is 11.9. The van der Waals surface area contributed by atoms with E-state index in [4.69, 9.17) is 0 Å². The molecule has 2 nitrogen and oxygen atoms in total. The van der Waals surface area contributed by atoms with Crippen molar-refractivity contribution in [2.45, 2.75) is 13.8 Å². The highest BCUT2D eigenvalue weighted by atomic mass is 16.3. The van der Waals surface area contributed by atoms with Crippen molar-refractivity contribution >= 4 is 12.2 Å². The maximum atomic E-state index is 9.18. The molecule has 0 saturated heterocycles. The van der Waals surface area contributed by atoms with Crippen LogP contribution in [0.2, 0.25) is 0 Å². The SMILES string of the molecule is C=Cc1ccc(C)c(O)c1.C=Cc1cccc(O)c1C. The Labute approximate surface area is 120 Å². The molecular weight excluding hydrogens is 248 g/mol. The molecule has 0 aliphatic carbocycles. The van der Waals surface area contributed by atoms with Crippen molar-refractivity contribution < 1.29 is 10.2 Å². The molecular formula is C18H20O2. The molecule has 0 saturated carbocycles. The van der Waals surface area contributed by atoms with Crippen LogP contribution in [0.15, 0.2) is 49.6 Å². The summed E-state index contributed by atoms with van der Waals surface area (Å²) >= 11 is 0. The summed E-state index contributed by atoms with van der Waals surface area (Å²) in [5.74, 6) is 0.662. The molecule has 0 radical (unpaired) electrons. The van der Waals surface area contributed by atoms with Crippen molar-refractivity contribution in [2.24, 2.45) is 0 Å². The fourth-order valence-corrected chi connectivity index (χ4v) is 1.62. The first-order valence-corrected chi connectivity index (χ1v) is 6.32. The predicted octanol–water partition coefficient (Wildman–Crippen LogP) is 4.69. The van der Waals surface area contributed by atoms with Gasteiger partial charge < -0.3 is 10.2 Å². The zero-order chi connectivity index (χ0) is 15.1. The highest BCUT2D eigenvalue weighted by molar-refractivity contribution is 5.55. The molecule has 2 N–H and O–H groups in total. The Bertz CT molecular complexity index is 613. The van der Waals surface area contributed by atoms with Gasteiger partial charge in [-0.1, -0.05) is 49.6 Å². The van der Waals surface area contributed by atoms with Crippen LogP contribution in [0.3, 0.4) is 0 Å². The van der Waals surface area contributed by atoms with Crippen molar-refractivity contribution in [3.63, 3.8) is 0 Å². The fourth-order valence-electron chi connectivity index (χ4n) is 1.62. The number of hydrogen-bond acceptors (Lipinski definition) is 2. The van der Waals surface area contributed by atoms with E-state index in [9.17, 15) is 10.2 Å². The van der Waals surface area contributed by atoms with Gasteiger partial charge >= 0.3 is 0 Å². The van der Waals surface area contributed by atoms with E-state index < -0.39 is 0 Å². The van der Waals surface area contributed by atoms with Gasteiger partial charge in [-0.15, -0.1) is 0 Å². The molecule has 0 aromatic heterocycles. The molecule has 0 unspecified atom stereocenters. The first-order valence-electron chi connectivity index (χ1n) is 6.32. The third-order valence-corrected chi connectivity index (χ3v) is 3.04. The minimum Gasteiger partial charge on any atom is -0.508 e. The molecule has 0 aliphatic rings. The van der Waals surface area contributed by atoms with E-state index in [1.165, 1.54) is 0 Å². The summed E-state index contributed by atoms with van der Waals surface area (Å²) in [6, 6.07) is 10.9. The highest BCUT2D eigenvalue weighted by Gasteiger charge is 1.96. The third kappa shape index (κ3) is 4.02.